The van der Waals surface area contributed by atoms with Crippen molar-refractivity contribution in [3.8, 4) is 0 Å². The molecular weight excluding hydrogens is 1110 g/mol. The zero-order valence-corrected chi connectivity index (χ0v) is 42.7. The van der Waals surface area contributed by atoms with Crippen LogP contribution in [0.5, 0.6) is 0 Å². The van der Waals surface area contributed by atoms with Crippen LogP contribution in [0, 0.1) is 5.92 Å². The number of nitrogens with zero attached hydrogens (tertiary/aromatic N) is 8. The Labute approximate surface area is 422 Å². The number of H-pyrrole nitrogens is 2. The molecule has 14 N–H and O–H groups in total. The van der Waals surface area contributed by atoms with Crippen LogP contribution in [0.3, 0.4) is 0 Å². The molecular formula is C34H48N13O25P4+. The van der Waals surface area contributed by atoms with Crippen LogP contribution in [0.15, 0.2) is 45.6 Å². The average molecular weight is 1160 g/mol. The standard InChI is InChI=1S/C34H47N13O25P4/c1-37-18(49)6-13-14(67-30(21(13)50)47-12-44(2)20-28(47)42-33(36)43-29(20)53)7-65-74(57,58)71-76(61,62)72-75(59,60)66-9-16-24(25(63-3)32(69-16)46-11-40-19-26(35)38-10-39-27(19)46)70-73(55,56)64-8-15-22(51)23(52)31(68-15)45-5-4-17(48)41-34(45)54/h4-5,10-16,21-25,30-32,50-52H,6-9H2,1-3H3,(H10-,35,36,37,38,39,41,42,43,48,49,53,54,55,56,57,58,59,60,61,62)/p+1/t13-,14-,15-,16-,21-,22-,23-,24-,25-,30-,31-,32-/m1/s1. The Morgan fingerprint density at radius 3 is 2.12 bits per heavy atom. The van der Waals surface area contributed by atoms with E-state index >= 15 is 0 Å². The molecule has 0 spiro atoms. The first-order valence-corrected chi connectivity index (χ1v) is 27.7. The van der Waals surface area contributed by atoms with Crippen LogP contribution < -0.4 is 38.2 Å². The number of amides is 1. The quantitative estimate of drug-likeness (QED) is 0.0243. The van der Waals surface area contributed by atoms with Crippen molar-refractivity contribution < 1.29 is 108 Å². The Morgan fingerprint density at radius 2 is 1.46 bits per heavy atom. The van der Waals surface area contributed by atoms with Crippen molar-refractivity contribution in [3.05, 3.63) is 62.4 Å². The normalized spacial score (nSPS) is 30.0. The Hall–Kier alpha value is -5.11. The van der Waals surface area contributed by atoms with Crippen molar-refractivity contribution in [2.75, 3.05) is 45.4 Å². The Balaban J connectivity index is 0.948. The fraction of sp³-hybridized carbons (Fsp3) is 0.559. The van der Waals surface area contributed by atoms with E-state index in [1.165, 1.54) is 34.1 Å². The molecule has 0 bridgehead atoms. The number of hydrogen-bond acceptors (Lipinski definition) is 27. The molecule has 1 amide bonds. The highest BCUT2D eigenvalue weighted by atomic mass is 31.3. The van der Waals surface area contributed by atoms with Crippen molar-refractivity contribution in [1.29, 1.82) is 0 Å². The van der Waals surface area contributed by atoms with Gasteiger partial charge in [0.05, 0.1) is 39.3 Å². The molecule has 0 aromatic carbocycles. The molecule has 8 rings (SSSR count). The van der Waals surface area contributed by atoms with Gasteiger partial charge in [0.2, 0.25) is 17.7 Å². The van der Waals surface area contributed by atoms with Gasteiger partial charge in [-0.3, -0.25) is 56.1 Å². The number of fused-ring (bicyclic) bond motifs is 2. The number of methoxy groups -OCH3 is 1. The number of carbonyl (C=O) groups excluding carboxylic acids is 1. The third kappa shape index (κ3) is 12.1. The van der Waals surface area contributed by atoms with Gasteiger partial charge in [0.25, 0.3) is 17.1 Å². The molecule has 42 heteroatoms. The smallest absolute Gasteiger partial charge is 0.387 e. The van der Waals surface area contributed by atoms with Crippen molar-refractivity contribution in [3.63, 3.8) is 0 Å². The number of anilines is 2. The van der Waals surface area contributed by atoms with Gasteiger partial charge in [-0.05, 0) is 0 Å². The minimum absolute atomic E-state index is 0.00237. The van der Waals surface area contributed by atoms with Crippen LogP contribution >= 0.6 is 31.3 Å². The number of rotatable bonds is 21. The summed E-state index contributed by atoms with van der Waals surface area (Å²) in [6, 6.07) is 0.920. The second kappa shape index (κ2) is 22.0. The first kappa shape index (κ1) is 57.1. The number of carbonyl (C=O) groups is 1. The van der Waals surface area contributed by atoms with E-state index in [2.05, 4.69) is 38.9 Å². The summed E-state index contributed by atoms with van der Waals surface area (Å²) in [5.41, 5.74) is 9.11. The summed E-state index contributed by atoms with van der Waals surface area (Å²) in [5, 5.41) is 35.0. The van der Waals surface area contributed by atoms with Crippen molar-refractivity contribution in [2.45, 2.75) is 73.9 Å². The second-order valence-corrected chi connectivity index (χ2v) is 22.8. The molecule has 4 unspecified atom stereocenters. The molecule has 0 saturated carbocycles. The molecule has 0 aliphatic carbocycles. The van der Waals surface area contributed by atoms with Crippen LogP contribution in [0.1, 0.15) is 25.1 Å². The molecule has 3 aliphatic heterocycles. The van der Waals surface area contributed by atoms with E-state index < -0.39 is 154 Å². The summed E-state index contributed by atoms with van der Waals surface area (Å²) in [4.78, 5) is 112. The highest BCUT2D eigenvalue weighted by molar-refractivity contribution is 7.66. The van der Waals surface area contributed by atoms with Gasteiger partial charge in [-0.2, -0.15) is 8.62 Å². The Morgan fingerprint density at radius 1 is 0.816 bits per heavy atom. The van der Waals surface area contributed by atoms with E-state index in [0.717, 1.165) is 36.6 Å². The Bertz CT molecular complexity index is 3370. The predicted molar refractivity (Wildman–Crippen MR) is 244 cm³/mol. The largest absolute Gasteiger partial charge is 0.490 e. The maximum Gasteiger partial charge on any atom is 0.490 e. The number of phosphoric acid groups is 4. The summed E-state index contributed by atoms with van der Waals surface area (Å²) in [6.45, 7) is -3.37. The molecule has 3 aliphatic rings. The zero-order valence-electron chi connectivity index (χ0n) is 39.1. The van der Waals surface area contributed by atoms with Gasteiger partial charge >= 0.3 is 42.6 Å². The van der Waals surface area contributed by atoms with E-state index in [9.17, 15) is 72.3 Å². The fourth-order valence-electron chi connectivity index (χ4n) is 8.44. The molecule has 0 radical (unpaired) electrons. The number of phosphoric ester groups is 3. The highest BCUT2D eigenvalue weighted by Crippen LogP contribution is 2.68. The maximum atomic E-state index is 13.6. The first-order chi connectivity index (χ1) is 35.6. The lowest BCUT2D eigenvalue weighted by molar-refractivity contribution is -0.745. The average Bonchev–Trinajstić information content (AvgIpc) is 4.16. The molecule has 5 aromatic rings. The molecule has 3 fully saturated rings. The van der Waals surface area contributed by atoms with E-state index in [1.54, 1.807) is 0 Å². The summed E-state index contributed by atoms with van der Waals surface area (Å²) >= 11 is 0. The number of aliphatic hydroxyl groups excluding tert-OH is 3. The predicted octanol–water partition coefficient (Wildman–Crippen LogP) is -4.48. The van der Waals surface area contributed by atoms with Crippen molar-refractivity contribution in [2.24, 2.45) is 13.0 Å². The van der Waals surface area contributed by atoms with Crippen molar-refractivity contribution in [1.82, 2.24) is 48.9 Å². The number of ether oxygens (including phenoxy) is 4. The number of aromatic nitrogens is 10. The van der Waals surface area contributed by atoms with E-state index in [1.807, 2.05) is 4.98 Å². The van der Waals surface area contributed by atoms with Gasteiger partial charge in [-0.25, -0.2) is 42.6 Å². The second-order valence-electron chi connectivity index (χ2n) is 16.8. The lowest BCUT2D eigenvalue weighted by Gasteiger charge is -2.26. The highest BCUT2D eigenvalue weighted by Gasteiger charge is 2.54. The number of nitrogens with one attached hydrogen (secondary N) is 3. The molecule has 76 heavy (non-hydrogen) atoms. The number of aromatic amines is 2. The lowest BCUT2D eigenvalue weighted by Crippen LogP contribution is -2.45. The van der Waals surface area contributed by atoms with Gasteiger partial charge in [-0.15, -0.1) is 0 Å². The molecule has 418 valence electrons. The minimum Gasteiger partial charge on any atom is -0.387 e. The first-order valence-electron chi connectivity index (χ1n) is 21.7. The maximum absolute atomic E-state index is 13.6. The fourth-order valence-corrected chi connectivity index (χ4v) is 12.9. The molecule has 16 atom stereocenters. The van der Waals surface area contributed by atoms with E-state index in [-0.39, 0.29) is 34.1 Å². The van der Waals surface area contributed by atoms with Gasteiger partial charge in [0, 0.05) is 38.8 Å². The summed E-state index contributed by atoms with van der Waals surface area (Å²) in [6.07, 6.45) is -14.4. The minimum atomic E-state index is -6.23. The van der Waals surface area contributed by atoms with Crippen LogP contribution in [0.25, 0.3) is 22.3 Å². The lowest BCUT2D eigenvalue weighted by atomic mass is 9.94. The van der Waals surface area contributed by atoms with Gasteiger partial charge < -0.3 is 70.6 Å². The van der Waals surface area contributed by atoms with Crippen LogP contribution in [-0.2, 0) is 75.8 Å². The van der Waals surface area contributed by atoms with Gasteiger partial charge in [0.1, 0.15) is 54.6 Å². The van der Waals surface area contributed by atoms with Crippen molar-refractivity contribution >= 4 is 71.3 Å². The number of nitrogens with two attached hydrogens (primary N) is 2. The Kier molecular flexibility index (Phi) is 16.5. The topological polar surface area (TPSA) is 536 Å². The van der Waals surface area contributed by atoms with Gasteiger partial charge in [-0.1, -0.05) is 4.98 Å². The zero-order chi connectivity index (χ0) is 55.4. The number of hydrogen-bond donors (Lipinski definition) is 12. The third-order valence-corrected chi connectivity index (χ3v) is 17.1. The number of aryl methyl sites for hydroxylation is 1. The van der Waals surface area contributed by atoms with E-state index in [4.69, 9.17) is 48.5 Å². The number of aliphatic hydroxyl groups is 3. The van der Waals surface area contributed by atoms with Crippen LogP contribution in [0.4, 0.5) is 11.8 Å². The number of imidazole rings is 2. The third-order valence-electron chi connectivity index (χ3n) is 11.8. The summed E-state index contributed by atoms with van der Waals surface area (Å²) in [7, 11) is -19.7. The van der Waals surface area contributed by atoms with Gasteiger partial charge in [0.15, 0.2) is 30.2 Å². The summed E-state index contributed by atoms with van der Waals surface area (Å²) in [5.74, 6) is -2.29. The van der Waals surface area contributed by atoms with Crippen LogP contribution in [-0.4, -0.2) is 167 Å². The molecule has 5 aromatic heterocycles. The molecule has 38 nitrogen and oxygen atoms in total. The molecule has 3 saturated heterocycles. The number of nitrogen functional groups attached to an aromatic ring is 2. The van der Waals surface area contributed by atoms with E-state index in [0.29, 0.717) is 0 Å². The monoisotopic (exact) mass is 1160 g/mol. The SMILES string of the molecule is CNC(=O)C[C@H]1[C@@H](O)[C@H]([n+]2cn(C)c3c(=O)[nH]c(N)nc32)O[C@@H]1COP(=O)(O)OP(=O)(O)OP(=O)(O)OC[C@H]1O[C@@H](n2cnc3c(N)ncnc32)[C@H](OC)[C@@H]1OP(=O)(O)OC[C@H]1O[C@@H](n2ccc(=O)[nH]c2=O)[C@H](O)[C@@H]1O. The summed E-state index contributed by atoms with van der Waals surface area (Å²) < 4.78 is 109. The molecule has 8 heterocycles. The van der Waals surface area contributed by atoms with Crippen LogP contribution in [0.2, 0.25) is 0 Å².